The molecular formula is C11H8BrN5. The van der Waals surface area contributed by atoms with Crippen molar-refractivity contribution in [1.82, 2.24) is 20.0 Å². The minimum atomic E-state index is 0.551. The number of rotatable bonds is 1. The molecular weight excluding hydrogens is 282 g/mol. The van der Waals surface area contributed by atoms with Gasteiger partial charge in [0.2, 0.25) is 0 Å². The molecule has 2 heterocycles. The fourth-order valence-electron chi connectivity index (χ4n) is 1.65. The number of benzene rings is 1. The summed E-state index contributed by atoms with van der Waals surface area (Å²) in [7, 11) is 0. The Kier molecular flexibility index (Phi) is 2.29. The van der Waals surface area contributed by atoms with E-state index in [0.29, 0.717) is 11.5 Å². The Morgan fingerprint density at radius 1 is 1.24 bits per heavy atom. The Morgan fingerprint density at radius 3 is 2.88 bits per heavy atom. The zero-order valence-electron chi connectivity index (χ0n) is 8.71. The summed E-state index contributed by atoms with van der Waals surface area (Å²) in [5.74, 6) is 0.585. The zero-order valence-corrected chi connectivity index (χ0v) is 10.3. The molecule has 0 atom stereocenters. The first kappa shape index (κ1) is 10.2. The van der Waals surface area contributed by atoms with Crippen LogP contribution in [0.25, 0.3) is 16.9 Å². The third-order valence-electron chi connectivity index (χ3n) is 2.41. The van der Waals surface area contributed by atoms with Crippen LogP contribution in [0, 0.1) is 0 Å². The number of hydrogen-bond acceptors (Lipinski definition) is 4. The highest BCUT2D eigenvalue weighted by Gasteiger charge is 2.09. The summed E-state index contributed by atoms with van der Waals surface area (Å²) in [4.78, 5) is 4.26. The number of aromatic nitrogens is 4. The number of halogens is 1. The van der Waals surface area contributed by atoms with Crippen LogP contribution in [0.4, 0.5) is 5.69 Å². The lowest BCUT2D eigenvalue weighted by Gasteiger charge is -2.04. The zero-order chi connectivity index (χ0) is 11.8. The molecule has 17 heavy (non-hydrogen) atoms. The SMILES string of the molecule is Nc1cc(Br)cnc1-n1nnc2ccccc21. The number of pyridine rings is 1. The lowest BCUT2D eigenvalue weighted by atomic mass is 10.3. The van der Waals surface area contributed by atoms with E-state index in [4.69, 9.17) is 5.73 Å². The van der Waals surface area contributed by atoms with Crippen LogP contribution in [-0.4, -0.2) is 20.0 Å². The van der Waals surface area contributed by atoms with Gasteiger partial charge >= 0.3 is 0 Å². The summed E-state index contributed by atoms with van der Waals surface area (Å²) in [6.45, 7) is 0. The molecule has 5 nitrogen and oxygen atoms in total. The van der Waals surface area contributed by atoms with Gasteiger partial charge in [-0.15, -0.1) is 5.10 Å². The molecule has 1 aromatic carbocycles. The highest BCUT2D eigenvalue weighted by Crippen LogP contribution is 2.21. The summed E-state index contributed by atoms with van der Waals surface area (Å²) in [6.07, 6.45) is 1.68. The number of fused-ring (bicyclic) bond motifs is 1. The molecule has 0 amide bonds. The van der Waals surface area contributed by atoms with Gasteiger partial charge in [0.15, 0.2) is 5.82 Å². The Balaban J connectivity index is 2.27. The predicted octanol–water partition coefficient (Wildman–Crippen LogP) is 2.16. The van der Waals surface area contributed by atoms with Crippen molar-refractivity contribution in [2.24, 2.45) is 0 Å². The Bertz CT molecular complexity index is 691. The summed E-state index contributed by atoms with van der Waals surface area (Å²) >= 11 is 3.32. The van der Waals surface area contributed by atoms with E-state index in [0.717, 1.165) is 15.5 Å². The highest BCUT2D eigenvalue weighted by atomic mass is 79.9. The summed E-state index contributed by atoms with van der Waals surface area (Å²) < 4.78 is 2.47. The van der Waals surface area contributed by atoms with Crippen LogP contribution in [-0.2, 0) is 0 Å². The molecule has 0 bridgehead atoms. The standard InChI is InChI=1S/C11H8BrN5/c12-7-5-8(13)11(14-6-7)17-10-4-2-1-3-9(10)15-16-17/h1-6H,13H2. The minimum Gasteiger partial charge on any atom is -0.396 e. The molecule has 2 N–H and O–H groups in total. The monoisotopic (exact) mass is 289 g/mol. The van der Waals surface area contributed by atoms with Crippen molar-refractivity contribution < 1.29 is 0 Å². The van der Waals surface area contributed by atoms with Crippen molar-refractivity contribution in [2.75, 3.05) is 5.73 Å². The van der Waals surface area contributed by atoms with E-state index in [1.165, 1.54) is 0 Å². The van der Waals surface area contributed by atoms with Crippen molar-refractivity contribution in [3.05, 3.63) is 41.0 Å². The van der Waals surface area contributed by atoms with E-state index < -0.39 is 0 Å². The fourth-order valence-corrected chi connectivity index (χ4v) is 2.00. The van der Waals surface area contributed by atoms with E-state index in [1.807, 2.05) is 24.3 Å². The van der Waals surface area contributed by atoms with Crippen LogP contribution in [0.15, 0.2) is 41.0 Å². The molecule has 0 saturated heterocycles. The summed E-state index contributed by atoms with van der Waals surface area (Å²) in [6, 6.07) is 9.46. The molecule has 0 aliphatic rings. The number of nitrogens with zero attached hydrogens (tertiary/aromatic N) is 4. The molecule has 0 spiro atoms. The number of nitrogens with two attached hydrogens (primary N) is 1. The second-order valence-electron chi connectivity index (χ2n) is 3.56. The maximum absolute atomic E-state index is 5.92. The van der Waals surface area contributed by atoms with Crippen molar-refractivity contribution in [3.8, 4) is 5.82 Å². The highest BCUT2D eigenvalue weighted by molar-refractivity contribution is 9.10. The predicted molar refractivity (Wildman–Crippen MR) is 68.8 cm³/mol. The fraction of sp³-hybridized carbons (Fsp3) is 0. The van der Waals surface area contributed by atoms with Crippen LogP contribution in [0.3, 0.4) is 0 Å². The second-order valence-corrected chi connectivity index (χ2v) is 4.47. The Labute approximate surface area is 105 Å². The molecule has 2 aromatic heterocycles. The van der Waals surface area contributed by atoms with E-state index in [1.54, 1.807) is 16.9 Å². The number of para-hydroxylation sites is 1. The van der Waals surface area contributed by atoms with Gasteiger partial charge in [-0.3, -0.25) is 0 Å². The molecule has 3 aromatic rings. The molecule has 84 valence electrons. The number of hydrogen-bond donors (Lipinski definition) is 1. The molecule has 6 heteroatoms. The van der Waals surface area contributed by atoms with Gasteiger partial charge in [-0.2, -0.15) is 4.68 Å². The smallest absolute Gasteiger partial charge is 0.179 e. The van der Waals surface area contributed by atoms with Gasteiger partial charge in [-0.25, -0.2) is 4.98 Å². The lowest BCUT2D eigenvalue weighted by Crippen LogP contribution is -2.04. The Hall–Kier alpha value is -1.95. The van der Waals surface area contributed by atoms with Crippen molar-refractivity contribution >= 4 is 32.7 Å². The molecule has 0 unspecified atom stereocenters. The van der Waals surface area contributed by atoms with Gasteiger partial charge in [0.25, 0.3) is 0 Å². The van der Waals surface area contributed by atoms with Gasteiger partial charge < -0.3 is 5.73 Å². The first-order valence-corrected chi connectivity index (χ1v) is 5.77. The van der Waals surface area contributed by atoms with E-state index in [2.05, 4.69) is 31.2 Å². The normalized spacial score (nSPS) is 10.9. The van der Waals surface area contributed by atoms with Crippen molar-refractivity contribution in [2.45, 2.75) is 0 Å². The van der Waals surface area contributed by atoms with E-state index >= 15 is 0 Å². The largest absolute Gasteiger partial charge is 0.396 e. The molecule has 0 aliphatic heterocycles. The van der Waals surface area contributed by atoms with Crippen LogP contribution in [0.2, 0.25) is 0 Å². The third-order valence-corrected chi connectivity index (χ3v) is 2.85. The second kappa shape index (κ2) is 3.81. The number of nitrogen functional groups attached to an aromatic ring is 1. The van der Waals surface area contributed by atoms with Crippen LogP contribution < -0.4 is 5.73 Å². The summed E-state index contributed by atoms with van der Waals surface area (Å²) in [5.41, 5.74) is 8.17. The van der Waals surface area contributed by atoms with Crippen molar-refractivity contribution in [1.29, 1.82) is 0 Å². The first-order chi connectivity index (χ1) is 8.25. The molecule has 0 fully saturated rings. The van der Waals surface area contributed by atoms with Gasteiger partial charge in [-0.05, 0) is 34.1 Å². The molecule has 3 rings (SSSR count). The van der Waals surface area contributed by atoms with Gasteiger partial charge in [0.1, 0.15) is 5.52 Å². The molecule has 0 aliphatic carbocycles. The number of anilines is 1. The average molecular weight is 290 g/mol. The topological polar surface area (TPSA) is 69.6 Å². The summed E-state index contributed by atoms with van der Waals surface area (Å²) in [5, 5.41) is 8.13. The molecule has 0 saturated carbocycles. The van der Waals surface area contributed by atoms with Gasteiger partial charge in [0, 0.05) is 10.7 Å². The first-order valence-electron chi connectivity index (χ1n) is 4.97. The quantitative estimate of drug-likeness (QED) is 0.745. The van der Waals surface area contributed by atoms with Crippen LogP contribution in [0.1, 0.15) is 0 Å². The van der Waals surface area contributed by atoms with Crippen LogP contribution >= 0.6 is 15.9 Å². The van der Waals surface area contributed by atoms with Crippen molar-refractivity contribution in [3.63, 3.8) is 0 Å². The average Bonchev–Trinajstić information content (AvgIpc) is 2.73. The lowest BCUT2D eigenvalue weighted by molar-refractivity contribution is 0.803. The molecule has 0 radical (unpaired) electrons. The van der Waals surface area contributed by atoms with Gasteiger partial charge in [0.05, 0.1) is 11.2 Å². The maximum Gasteiger partial charge on any atom is 0.179 e. The van der Waals surface area contributed by atoms with E-state index in [-0.39, 0.29) is 0 Å². The van der Waals surface area contributed by atoms with E-state index in [9.17, 15) is 0 Å². The Morgan fingerprint density at radius 2 is 2.06 bits per heavy atom. The van der Waals surface area contributed by atoms with Crippen LogP contribution in [0.5, 0.6) is 0 Å². The maximum atomic E-state index is 5.92. The van der Waals surface area contributed by atoms with Gasteiger partial charge in [-0.1, -0.05) is 17.3 Å². The third kappa shape index (κ3) is 1.66. The minimum absolute atomic E-state index is 0.551.